The topological polar surface area (TPSA) is 63.2 Å². The molecular weight excluding hydrogens is 528 g/mol. The van der Waals surface area contributed by atoms with E-state index >= 15 is 0 Å². The molecule has 0 N–H and O–H groups in total. The zero-order valence-electron chi connectivity index (χ0n) is 26.3. The second kappa shape index (κ2) is 21.1. The molecule has 0 atom stereocenters. The number of unbranched alkanes of at least 4 members (excludes halogenated alkanes) is 8. The van der Waals surface area contributed by atoms with Crippen LogP contribution in [-0.2, 0) is 4.79 Å². The number of rotatable bonds is 21. The lowest BCUT2D eigenvalue weighted by molar-refractivity contribution is -0.134. The molecule has 2 rings (SSSR count). The fourth-order valence-electron chi connectivity index (χ4n) is 4.52. The Balaban J connectivity index is 1.76. The van der Waals surface area contributed by atoms with Crippen LogP contribution < -0.4 is 23.7 Å². The first kappa shape index (κ1) is 34.5. The molecule has 2 aromatic rings. The van der Waals surface area contributed by atoms with Gasteiger partial charge in [0.15, 0.2) is 23.0 Å². The molecule has 0 spiro atoms. The van der Waals surface area contributed by atoms with Crippen molar-refractivity contribution in [3.63, 3.8) is 0 Å². The van der Waals surface area contributed by atoms with Crippen molar-refractivity contribution in [1.82, 2.24) is 0 Å². The van der Waals surface area contributed by atoms with E-state index in [0.717, 1.165) is 43.2 Å². The highest BCUT2D eigenvalue weighted by Crippen LogP contribution is 2.39. The average molecular weight is 579 g/mol. The summed E-state index contributed by atoms with van der Waals surface area (Å²) in [4.78, 5) is 12.6. The third-order valence-electron chi connectivity index (χ3n) is 6.90. The predicted octanol–water partition coefficient (Wildman–Crippen LogP) is 9.61. The maximum absolute atomic E-state index is 12.6. The van der Waals surface area contributed by atoms with Crippen LogP contribution in [0.5, 0.6) is 28.7 Å². The second-order valence-electron chi connectivity index (χ2n) is 10.2. The number of allylic oxidation sites excluding steroid dienone is 4. The fraction of sp³-hybridized carbons (Fsp3) is 0.472. The Labute approximate surface area is 253 Å². The molecule has 2 aromatic carbocycles. The number of hydrogen-bond acceptors (Lipinski definition) is 6. The van der Waals surface area contributed by atoms with Crippen LogP contribution in [-0.4, -0.2) is 34.4 Å². The summed E-state index contributed by atoms with van der Waals surface area (Å²) in [7, 11) is 6.32. The van der Waals surface area contributed by atoms with Gasteiger partial charge in [0.2, 0.25) is 5.75 Å². The highest BCUT2D eigenvalue weighted by Gasteiger charge is 2.13. The summed E-state index contributed by atoms with van der Waals surface area (Å²) in [6, 6.07) is 9.25. The minimum absolute atomic E-state index is 0.246. The van der Waals surface area contributed by atoms with Crippen molar-refractivity contribution in [1.29, 1.82) is 0 Å². The van der Waals surface area contributed by atoms with Gasteiger partial charge in [-0.15, -0.1) is 0 Å². The van der Waals surface area contributed by atoms with Crippen molar-refractivity contribution >= 4 is 18.1 Å². The Bertz CT molecular complexity index is 1120. The van der Waals surface area contributed by atoms with E-state index < -0.39 is 0 Å². The van der Waals surface area contributed by atoms with Crippen molar-refractivity contribution < 1.29 is 28.5 Å². The second-order valence-corrected chi connectivity index (χ2v) is 10.2. The van der Waals surface area contributed by atoms with Gasteiger partial charge in [-0.3, -0.25) is 4.79 Å². The third kappa shape index (κ3) is 12.9. The largest absolute Gasteiger partial charge is 0.493 e. The molecule has 0 saturated heterocycles. The molecule has 0 saturated carbocycles. The number of carbonyl (C=O) groups is 1. The minimum Gasteiger partial charge on any atom is -0.493 e. The van der Waals surface area contributed by atoms with E-state index in [1.807, 2.05) is 30.4 Å². The monoisotopic (exact) mass is 578 g/mol. The van der Waals surface area contributed by atoms with E-state index in [1.165, 1.54) is 38.5 Å². The van der Waals surface area contributed by atoms with Gasteiger partial charge in [0.05, 0.1) is 28.4 Å². The number of hydrogen-bond donors (Lipinski definition) is 0. The molecule has 0 unspecified atom stereocenters. The maximum Gasteiger partial charge on any atom is 0.311 e. The fourth-order valence-corrected chi connectivity index (χ4v) is 4.52. The first-order chi connectivity index (χ1) is 20.6. The highest BCUT2D eigenvalue weighted by molar-refractivity contribution is 5.76. The van der Waals surface area contributed by atoms with E-state index in [9.17, 15) is 4.79 Å². The van der Waals surface area contributed by atoms with Crippen LogP contribution in [0.15, 0.2) is 54.6 Å². The molecule has 0 aliphatic rings. The van der Waals surface area contributed by atoms with E-state index in [0.29, 0.717) is 35.2 Å². The summed E-state index contributed by atoms with van der Waals surface area (Å²) < 4.78 is 27.4. The van der Waals surface area contributed by atoms with Crippen LogP contribution in [0.2, 0.25) is 0 Å². The number of esters is 1. The lowest BCUT2D eigenvalue weighted by Gasteiger charge is -2.13. The lowest BCUT2D eigenvalue weighted by atomic mass is 10.1. The van der Waals surface area contributed by atoms with Gasteiger partial charge < -0.3 is 23.7 Å². The zero-order valence-corrected chi connectivity index (χ0v) is 26.3. The van der Waals surface area contributed by atoms with Crippen molar-refractivity contribution in [2.24, 2.45) is 0 Å². The Kier molecular flexibility index (Phi) is 17.3. The summed E-state index contributed by atoms with van der Waals surface area (Å²) in [6.07, 6.45) is 26.0. The summed E-state index contributed by atoms with van der Waals surface area (Å²) >= 11 is 0. The molecule has 0 bridgehead atoms. The number of benzene rings is 2. The molecule has 230 valence electrons. The molecule has 0 heterocycles. The summed E-state index contributed by atoms with van der Waals surface area (Å²) in [5.74, 6) is 2.39. The molecule has 42 heavy (non-hydrogen) atoms. The van der Waals surface area contributed by atoms with Gasteiger partial charge >= 0.3 is 5.97 Å². The molecule has 0 radical (unpaired) electrons. The summed E-state index contributed by atoms with van der Waals surface area (Å²) in [6.45, 7) is 2.24. The molecule has 0 aromatic heterocycles. The SMILES string of the molecule is CCCCC/C=C/C/C=C/CCCCCCCC(=O)Oc1cc(/C=C\c2cc(OC)c(OC)c(OC)c2)ccc1OC. The highest BCUT2D eigenvalue weighted by atomic mass is 16.6. The Morgan fingerprint density at radius 1 is 0.619 bits per heavy atom. The van der Waals surface area contributed by atoms with Gasteiger partial charge in [0, 0.05) is 6.42 Å². The van der Waals surface area contributed by atoms with Gasteiger partial charge in [-0.25, -0.2) is 0 Å². The van der Waals surface area contributed by atoms with Gasteiger partial charge in [-0.2, -0.15) is 0 Å². The lowest BCUT2D eigenvalue weighted by Crippen LogP contribution is -2.08. The van der Waals surface area contributed by atoms with Crippen LogP contribution in [0.4, 0.5) is 0 Å². The Morgan fingerprint density at radius 2 is 1.19 bits per heavy atom. The van der Waals surface area contributed by atoms with E-state index in [4.69, 9.17) is 23.7 Å². The minimum atomic E-state index is -0.246. The van der Waals surface area contributed by atoms with Gasteiger partial charge in [0.25, 0.3) is 0 Å². The molecule has 0 amide bonds. The van der Waals surface area contributed by atoms with E-state index in [1.54, 1.807) is 40.6 Å². The first-order valence-electron chi connectivity index (χ1n) is 15.2. The van der Waals surface area contributed by atoms with E-state index in [2.05, 4.69) is 31.2 Å². The van der Waals surface area contributed by atoms with E-state index in [-0.39, 0.29) is 5.97 Å². The number of methoxy groups -OCH3 is 4. The van der Waals surface area contributed by atoms with Gasteiger partial charge in [-0.1, -0.05) is 81.6 Å². The van der Waals surface area contributed by atoms with Crippen LogP contribution in [0, 0.1) is 0 Å². The van der Waals surface area contributed by atoms with Crippen LogP contribution in [0.1, 0.15) is 95.1 Å². The van der Waals surface area contributed by atoms with Crippen LogP contribution >= 0.6 is 0 Å². The Morgan fingerprint density at radius 3 is 1.81 bits per heavy atom. The predicted molar refractivity (Wildman–Crippen MR) is 173 cm³/mol. The zero-order chi connectivity index (χ0) is 30.4. The van der Waals surface area contributed by atoms with Crippen molar-refractivity contribution in [3.8, 4) is 28.7 Å². The smallest absolute Gasteiger partial charge is 0.311 e. The van der Waals surface area contributed by atoms with Gasteiger partial charge in [0.1, 0.15) is 0 Å². The molecule has 6 nitrogen and oxygen atoms in total. The summed E-state index contributed by atoms with van der Waals surface area (Å²) in [5, 5.41) is 0. The maximum atomic E-state index is 12.6. The van der Waals surface area contributed by atoms with Crippen LogP contribution in [0.25, 0.3) is 12.2 Å². The van der Waals surface area contributed by atoms with Gasteiger partial charge in [-0.05, 0) is 73.9 Å². The molecule has 0 fully saturated rings. The molecule has 6 heteroatoms. The van der Waals surface area contributed by atoms with Crippen molar-refractivity contribution in [2.45, 2.75) is 84.0 Å². The Hall–Kier alpha value is -3.67. The summed E-state index contributed by atoms with van der Waals surface area (Å²) in [5.41, 5.74) is 1.74. The first-order valence-corrected chi connectivity index (χ1v) is 15.2. The quantitative estimate of drug-likeness (QED) is 0.0483. The van der Waals surface area contributed by atoms with Crippen LogP contribution in [0.3, 0.4) is 0 Å². The molecular formula is C36H50O6. The standard InChI is InChI=1S/C36H50O6/c1-6-7-8-9-10-11-12-13-14-15-16-17-18-19-20-21-35(37)42-32-26-29(24-25-31(32)38-2)22-23-30-27-33(39-3)36(41-5)34(28-30)40-4/h10-11,13-14,22-28H,6-9,12,15-21H2,1-5H3/b11-10+,14-13+,23-22-. The number of carbonyl (C=O) groups excluding carboxylic acids is 1. The molecule has 0 aliphatic heterocycles. The third-order valence-corrected chi connectivity index (χ3v) is 6.90. The normalized spacial score (nSPS) is 11.5. The number of ether oxygens (including phenoxy) is 5. The van der Waals surface area contributed by atoms with Crippen molar-refractivity contribution in [3.05, 3.63) is 65.8 Å². The molecule has 0 aliphatic carbocycles. The average Bonchev–Trinajstić information content (AvgIpc) is 3.01. The van der Waals surface area contributed by atoms with Crippen molar-refractivity contribution in [2.75, 3.05) is 28.4 Å².